The summed E-state index contributed by atoms with van der Waals surface area (Å²) in [6.45, 7) is 1.42. The van der Waals surface area contributed by atoms with Crippen LogP contribution in [0.5, 0.6) is 0 Å². The van der Waals surface area contributed by atoms with Gasteiger partial charge in [0.25, 0.3) is 0 Å². The summed E-state index contributed by atoms with van der Waals surface area (Å²) in [7, 11) is 1.56. The van der Waals surface area contributed by atoms with E-state index < -0.39 is 34.8 Å². The normalized spacial score (nSPS) is 16.3. The fourth-order valence-corrected chi connectivity index (χ4v) is 3.04. The SMILES string of the molecule is CCOC(=O)[C@@H](C(=O)c1ccn(C)n1)C1(O)C(=O)c2ccccc2C1=O. The van der Waals surface area contributed by atoms with E-state index in [4.69, 9.17) is 4.74 Å². The lowest BCUT2D eigenvalue weighted by Gasteiger charge is -2.26. The molecule has 0 aliphatic heterocycles. The molecule has 1 aliphatic rings. The summed E-state index contributed by atoms with van der Waals surface area (Å²) in [6, 6.07) is 7.10. The number of benzene rings is 1. The predicted molar refractivity (Wildman–Crippen MR) is 87.7 cm³/mol. The second-order valence-corrected chi connectivity index (χ2v) is 5.89. The third-order valence-corrected chi connectivity index (χ3v) is 4.28. The van der Waals surface area contributed by atoms with E-state index in [2.05, 4.69) is 5.10 Å². The second kappa shape index (κ2) is 6.30. The monoisotopic (exact) mass is 356 g/mol. The van der Waals surface area contributed by atoms with Crippen LogP contribution in [0.25, 0.3) is 0 Å². The molecule has 0 spiro atoms. The van der Waals surface area contributed by atoms with Crippen molar-refractivity contribution in [2.24, 2.45) is 13.0 Å². The number of Topliss-reactive ketones (excluding diaryl/α,β-unsaturated/α-hetero) is 3. The minimum absolute atomic E-state index is 0.0388. The Morgan fingerprint density at radius 1 is 1.19 bits per heavy atom. The molecule has 1 aliphatic carbocycles. The van der Waals surface area contributed by atoms with Crippen LogP contribution in [0.3, 0.4) is 0 Å². The molecule has 134 valence electrons. The number of carbonyl (C=O) groups excluding carboxylic acids is 4. The molecule has 0 unspecified atom stereocenters. The number of aromatic nitrogens is 2. The van der Waals surface area contributed by atoms with Crippen LogP contribution in [0.1, 0.15) is 38.1 Å². The summed E-state index contributed by atoms with van der Waals surface area (Å²) in [5.74, 6) is -6.15. The van der Waals surface area contributed by atoms with Gasteiger partial charge in [0.2, 0.25) is 23.0 Å². The maximum Gasteiger partial charge on any atom is 0.320 e. The van der Waals surface area contributed by atoms with Gasteiger partial charge >= 0.3 is 5.97 Å². The highest BCUT2D eigenvalue weighted by atomic mass is 16.5. The standard InChI is InChI=1S/C18H16N2O6/c1-3-26-17(24)13(14(21)12-8-9-20(2)19-12)18(25)15(22)10-6-4-5-7-11(10)16(18)23/h4-9,13,25H,3H2,1-2H3/t13-/m1/s1. The van der Waals surface area contributed by atoms with Crippen LogP contribution >= 0.6 is 0 Å². The Balaban J connectivity index is 2.13. The predicted octanol–water partition coefficient (Wildman–Crippen LogP) is 0.592. The second-order valence-electron chi connectivity index (χ2n) is 5.89. The van der Waals surface area contributed by atoms with Crippen molar-refractivity contribution in [2.75, 3.05) is 6.61 Å². The Labute approximate surface area is 148 Å². The Hall–Kier alpha value is -3.13. The first kappa shape index (κ1) is 17.7. The topological polar surface area (TPSA) is 116 Å². The van der Waals surface area contributed by atoms with Gasteiger partial charge in [0.05, 0.1) is 6.61 Å². The molecule has 1 aromatic carbocycles. The largest absolute Gasteiger partial charge is 0.465 e. The number of fused-ring (bicyclic) bond motifs is 1. The van der Waals surface area contributed by atoms with E-state index >= 15 is 0 Å². The Morgan fingerprint density at radius 3 is 2.23 bits per heavy atom. The molecule has 0 saturated heterocycles. The summed E-state index contributed by atoms with van der Waals surface area (Å²) in [5.41, 5.74) is -3.09. The van der Waals surface area contributed by atoms with Gasteiger partial charge in [-0.1, -0.05) is 24.3 Å². The smallest absolute Gasteiger partial charge is 0.320 e. The average Bonchev–Trinajstić information content (AvgIpc) is 3.13. The van der Waals surface area contributed by atoms with Gasteiger partial charge in [0, 0.05) is 24.4 Å². The molecular formula is C18H16N2O6. The molecule has 8 heteroatoms. The van der Waals surface area contributed by atoms with Gasteiger partial charge in [-0.15, -0.1) is 0 Å². The van der Waals surface area contributed by atoms with Crippen LogP contribution in [0.4, 0.5) is 0 Å². The van der Waals surface area contributed by atoms with Crippen LogP contribution in [0, 0.1) is 5.92 Å². The fraction of sp³-hybridized carbons (Fsp3) is 0.278. The Bertz CT molecular complexity index is 894. The van der Waals surface area contributed by atoms with E-state index in [1.54, 1.807) is 7.05 Å². The van der Waals surface area contributed by atoms with Crippen LogP contribution in [0.2, 0.25) is 0 Å². The molecule has 1 atom stereocenters. The van der Waals surface area contributed by atoms with Crippen molar-refractivity contribution in [1.82, 2.24) is 9.78 Å². The number of aryl methyl sites for hydroxylation is 1. The molecule has 0 radical (unpaired) electrons. The Morgan fingerprint density at radius 2 is 1.77 bits per heavy atom. The van der Waals surface area contributed by atoms with E-state index in [1.165, 1.54) is 48.1 Å². The summed E-state index contributed by atoms with van der Waals surface area (Å²) in [6.07, 6.45) is 1.46. The molecule has 0 fully saturated rings. The average molecular weight is 356 g/mol. The van der Waals surface area contributed by atoms with E-state index in [-0.39, 0.29) is 23.4 Å². The van der Waals surface area contributed by atoms with Gasteiger partial charge in [-0.3, -0.25) is 23.9 Å². The number of carbonyl (C=O) groups is 4. The molecule has 0 amide bonds. The van der Waals surface area contributed by atoms with Crippen molar-refractivity contribution < 1.29 is 29.0 Å². The molecule has 3 rings (SSSR count). The minimum atomic E-state index is -2.86. The minimum Gasteiger partial charge on any atom is -0.465 e. The fourth-order valence-electron chi connectivity index (χ4n) is 3.04. The van der Waals surface area contributed by atoms with Crippen LogP contribution in [-0.4, -0.2) is 50.4 Å². The lowest BCUT2D eigenvalue weighted by molar-refractivity contribution is -0.150. The van der Waals surface area contributed by atoms with Crippen molar-refractivity contribution in [3.8, 4) is 0 Å². The Kier molecular flexibility index (Phi) is 4.29. The zero-order valence-corrected chi connectivity index (χ0v) is 14.1. The first-order valence-corrected chi connectivity index (χ1v) is 7.93. The molecule has 2 aromatic rings. The number of aliphatic hydroxyl groups is 1. The molecule has 0 bridgehead atoms. The molecule has 0 saturated carbocycles. The zero-order valence-electron chi connectivity index (χ0n) is 14.1. The molecular weight excluding hydrogens is 340 g/mol. The van der Waals surface area contributed by atoms with Crippen molar-refractivity contribution in [3.63, 3.8) is 0 Å². The van der Waals surface area contributed by atoms with Gasteiger partial charge < -0.3 is 9.84 Å². The number of ether oxygens (including phenoxy) is 1. The van der Waals surface area contributed by atoms with Gasteiger partial charge in [0.1, 0.15) is 5.69 Å². The van der Waals surface area contributed by atoms with E-state index in [9.17, 15) is 24.3 Å². The van der Waals surface area contributed by atoms with Crippen molar-refractivity contribution in [1.29, 1.82) is 0 Å². The molecule has 26 heavy (non-hydrogen) atoms. The highest BCUT2D eigenvalue weighted by molar-refractivity contribution is 6.36. The quantitative estimate of drug-likeness (QED) is 0.473. The van der Waals surface area contributed by atoms with Crippen molar-refractivity contribution in [3.05, 3.63) is 53.3 Å². The lowest BCUT2D eigenvalue weighted by atomic mass is 9.79. The number of nitrogens with zero attached hydrogens (tertiary/aromatic N) is 2. The molecule has 1 heterocycles. The third kappa shape index (κ3) is 2.46. The maximum atomic E-state index is 12.9. The van der Waals surface area contributed by atoms with Gasteiger partial charge in [-0.05, 0) is 13.0 Å². The lowest BCUT2D eigenvalue weighted by Crippen LogP contribution is -2.55. The van der Waals surface area contributed by atoms with Crippen LogP contribution in [0.15, 0.2) is 36.5 Å². The zero-order chi connectivity index (χ0) is 19.1. The summed E-state index contributed by atoms with van der Waals surface area (Å²) < 4.78 is 6.19. The number of esters is 1. The van der Waals surface area contributed by atoms with Crippen molar-refractivity contribution >= 4 is 23.3 Å². The summed E-state index contributed by atoms with van der Waals surface area (Å²) in [4.78, 5) is 50.9. The number of hydrogen-bond donors (Lipinski definition) is 1. The maximum absolute atomic E-state index is 12.9. The number of rotatable bonds is 5. The first-order chi connectivity index (χ1) is 12.3. The summed E-state index contributed by atoms with van der Waals surface area (Å²) in [5, 5.41) is 14.9. The van der Waals surface area contributed by atoms with Crippen LogP contribution in [-0.2, 0) is 16.6 Å². The van der Waals surface area contributed by atoms with E-state index in [1.807, 2.05) is 0 Å². The first-order valence-electron chi connectivity index (χ1n) is 7.93. The van der Waals surface area contributed by atoms with Crippen LogP contribution < -0.4 is 0 Å². The van der Waals surface area contributed by atoms with E-state index in [0.29, 0.717) is 0 Å². The molecule has 1 aromatic heterocycles. The third-order valence-electron chi connectivity index (χ3n) is 4.28. The van der Waals surface area contributed by atoms with Crippen molar-refractivity contribution in [2.45, 2.75) is 12.5 Å². The number of hydrogen-bond acceptors (Lipinski definition) is 7. The summed E-state index contributed by atoms with van der Waals surface area (Å²) >= 11 is 0. The highest BCUT2D eigenvalue weighted by Gasteiger charge is 2.62. The van der Waals surface area contributed by atoms with Gasteiger partial charge in [-0.25, -0.2) is 0 Å². The molecule has 1 N–H and O–H groups in total. The van der Waals surface area contributed by atoms with Gasteiger partial charge in [-0.2, -0.15) is 5.10 Å². The van der Waals surface area contributed by atoms with E-state index in [0.717, 1.165) is 0 Å². The highest BCUT2D eigenvalue weighted by Crippen LogP contribution is 2.37. The number of ketones is 3. The van der Waals surface area contributed by atoms with Gasteiger partial charge in [0.15, 0.2) is 5.92 Å². The molecule has 8 nitrogen and oxygen atoms in total.